The fourth-order valence-electron chi connectivity index (χ4n) is 3.46. The molecule has 1 amide bonds. The number of rotatable bonds is 8. The van der Waals surface area contributed by atoms with Crippen molar-refractivity contribution in [3.8, 4) is 5.75 Å². The van der Waals surface area contributed by atoms with Gasteiger partial charge in [0.15, 0.2) is 6.10 Å². The number of amides is 1. The van der Waals surface area contributed by atoms with Crippen LogP contribution in [-0.2, 0) is 14.8 Å². The van der Waals surface area contributed by atoms with E-state index in [1.54, 1.807) is 48.5 Å². The number of carbonyl (C=O) groups excluding carboxylic acids is 1. The van der Waals surface area contributed by atoms with E-state index < -0.39 is 16.1 Å². The third-order valence-corrected chi connectivity index (χ3v) is 6.85. The summed E-state index contributed by atoms with van der Waals surface area (Å²) in [6, 6.07) is 25.7. The monoisotopic (exact) mass is 494 g/mol. The lowest BCUT2D eigenvalue weighted by atomic mass is 10.1. The summed E-state index contributed by atoms with van der Waals surface area (Å²) in [6.07, 6.45) is -0.256. The summed E-state index contributed by atoms with van der Waals surface area (Å²) >= 11 is 5.89. The molecule has 4 aromatic rings. The first-order chi connectivity index (χ1) is 16.4. The van der Waals surface area contributed by atoms with Crippen molar-refractivity contribution >= 4 is 49.7 Å². The first-order valence-corrected chi connectivity index (χ1v) is 12.6. The molecule has 0 saturated carbocycles. The van der Waals surface area contributed by atoms with E-state index in [0.29, 0.717) is 28.6 Å². The molecular formula is C26H23ClN2O4S. The van der Waals surface area contributed by atoms with Crippen LogP contribution in [0.3, 0.4) is 0 Å². The van der Waals surface area contributed by atoms with Gasteiger partial charge in [0.25, 0.3) is 15.9 Å². The molecule has 0 bridgehead atoms. The van der Waals surface area contributed by atoms with Gasteiger partial charge in [0.05, 0.1) is 10.6 Å². The van der Waals surface area contributed by atoms with Crippen LogP contribution >= 0.6 is 11.6 Å². The van der Waals surface area contributed by atoms with E-state index in [2.05, 4.69) is 10.0 Å². The van der Waals surface area contributed by atoms with Gasteiger partial charge >= 0.3 is 0 Å². The Morgan fingerprint density at radius 3 is 2.29 bits per heavy atom. The Bertz CT molecular complexity index is 1400. The lowest BCUT2D eigenvalue weighted by Gasteiger charge is -2.17. The van der Waals surface area contributed by atoms with Gasteiger partial charge in [-0.15, -0.1) is 0 Å². The minimum absolute atomic E-state index is 0.0860. The standard InChI is InChI=1S/C26H23ClN2O4S/c1-2-25(33-21-14-10-19(27)11-15-21)26(30)28-20-12-16-22(17-13-20)34(31,32)29-24-9-5-7-18-6-3-4-8-23(18)24/h3-17,25,29H,2H2,1H3,(H,28,30)/t25-/m1/s1. The number of anilines is 2. The minimum atomic E-state index is -3.81. The van der Waals surface area contributed by atoms with Gasteiger partial charge in [0.1, 0.15) is 5.75 Å². The Balaban J connectivity index is 1.45. The summed E-state index contributed by atoms with van der Waals surface area (Å²) in [6.45, 7) is 1.84. The van der Waals surface area contributed by atoms with E-state index in [9.17, 15) is 13.2 Å². The predicted octanol–water partition coefficient (Wildman–Crippen LogP) is 6.09. The SMILES string of the molecule is CC[C@@H](Oc1ccc(Cl)cc1)C(=O)Nc1ccc(S(=O)(=O)Nc2cccc3ccccc23)cc1. The lowest BCUT2D eigenvalue weighted by Crippen LogP contribution is -2.32. The molecule has 34 heavy (non-hydrogen) atoms. The maximum atomic E-state index is 12.9. The molecule has 0 radical (unpaired) electrons. The fraction of sp³-hybridized carbons (Fsp3) is 0.115. The molecule has 0 aliphatic heterocycles. The minimum Gasteiger partial charge on any atom is -0.481 e. The molecule has 4 rings (SSSR count). The van der Waals surface area contributed by atoms with Gasteiger partial charge in [-0.1, -0.05) is 54.9 Å². The number of sulfonamides is 1. The van der Waals surface area contributed by atoms with Crippen LogP contribution in [0.15, 0.2) is 95.9 Å². The number of ether oxygens (including phenoxy) is 1. The summed E-state index contributed by atoms with van der Waals surface area (Å²) < 4.78 is 34.3. The lowest BCUT2D eigenvalue weighted by molar-refractivity contribution is -0.122. The highest BCUT2D eigenvalue weighted by Gasteiger charge is 2.20. The third kappa shape index (κ3) is 5.50. The Labute approximate surface area is 203 Å². The molecule has 4 aromatic carbocycles. The van der Waals surface area contributed by atoms with Crippen LogP contribution in [0.4, 0.5) is 11.4 Å². The molecule has 1 atom stereocenters. The maximum absolute atomic E-state index is 12.9. The van der Waals surface area contributed by atoms with Crippen LogP contribution in [0.25, 0.3) is 10.8 Å². The van der Waals surface area contributed by atoms with Crippen LogP contribution in [0, 0.1) is 0 Å². The van der Waals surface area contributed by atoms with E-state index in [-0.39, 0.29) is 10.8 Å². The van der Waals surface area contributed by atoms with Crippen molar-refractivity contribution in [1.29, 1.82) is 0 Å². The molecule has 0 aliphatic rings. The van der Waals surface area contributed by atoms with E-state index in [1.165, 1.54) is 12.1 Å². The van der Waals surface area contributed by atoms with Gasteiger partial charge in [-0.05, 0) is 66.4 Å². The third-order valence-electron chi connectivity index (χ3n) is 5.22. The quantitative estimate of drug-likeness (QED) is 0.310. The van der Waals surface area contributed by atoms with Gasteiger partial charge in [0, 0.05) is 16.1 Å². The topological polar surface area (TPSA) is 84.5 Å². The molecule has 0 saturated heterocycles. The highest BCUT2D eigenvalue weighted by atomic mass is 35.5. The normalized spacial score (nSPS) is 12.2. The molecule has 0 aliphatic carbocycles. The van der Waals surface area contributed by atoms with E-state index in [1.807, 2.05) is 37.3 Å². The molecule has 0 heterocycles. The second-order valence-electron chi connectivity index (χ2n) is 7.61. The Hall–Kier alpha value is -3.55. The molecule has 0 spiro atoms. The number of fused-ring (bicyclic) bond motifs is 1. The second-order valence-corrected chi connectivity index (χ2v) is 9.73. The fourth-order valence-corrected chi connectivity index (χ4v) is 4.66. The largest absolute Gasteiger partial charge is 0.481 e. The van der Waals surface area contributed by atoms with Gasteiger partial charge in [0.2, 0.25) is 0 Å². The summed E-state index contributed by atoms with van der Waals surface area (Å²) in [7, 11) is -3.81. The number of benzene rings is 4. The van der Waals surface area contributed by atoms with Crippen molar-refractivity contribution in [1.82, 2.24) is 0 Å². The zero-order valence-corrected chi connectivity index (χ0v) is 19.9. The van der Waals surface area contributed by atoms with Crippen LogP contribution in [0.1, 0.15) is 13.3 Å². The van der Waals surface area contributed by atoms with E-state index in [4.69, 9.17) is 16.3 Å². The van der Waals surface area contributed by atoms with Crippen LogP contribution < -0.4 is 14.8 Å². The molecule has 2 N–H and O–H groups in total. The van der Waals surface area contributed by atoms with E-state index >= 15 is 0 Å². The number of carbonyl (C=O) groups is 1. The van der Waals surface area contributed by atoms with Crippen LogP contribution in [0.5, 0.6) is 5.75 Å². The van der Waals surface area contributed by atoms with Crippen molar-refractivity contribution in [3.05, 3.63) is 96.0 Å². The van der Waals surface area contributed by atoms with Crippen molar-refractivity contribution in [3.63, 3.8) is 0 Å². The van der Waals surface area contributed by atoms with Crippen molar-refractivity contribution in [2.75, 3.05) is 10.0 Å². The molecule has 8 heteroatoms. The highest BCUT2D eigenvalue weighted by Crippen LogP contribution is 2.26. The number of nitrogens with one attached hydrogen (secondary N) is 2. The molecule has 0 fully saturated rings. The zero-order chi connectivity index (χ0) is 24.1. The summed E-state index contributed by atoms with van der Waals surface area (Å²) in [5.41, 5.74) is 0.966. The van der Waals surface area contributed by atoms with Crippen LogP contribution in [0.2, 0.25) is 5.02 Å². The summed E-state index contributed by atoms with van der Waals surface area (Å²) in [5.74, 6) is 0.203. The predicted molar refractivity (Wildman–Crippen MR) is 136 cm³/mol. The van der Waals surface area contributed by atoms with Crippen LogP contribution in [-0.4, -0.2) is 20.4 Å². The van der Waals surface area contributed by atoms with Crippen molar-refractivity contribution in [2.24, 2.45) is 0 Å². The average molecular weight is 495 g/mol. The molecule has 0 aromatic heterocycles. The van der Waals surface area contributed by atoms with Crippen molar-refractivity contribution < 1.29 is 17.9 Å². The first kappa shape index (κ1) is 23.6. The molecule has 0 unspecified atom stereocenters. The van der Waals surface area contributed by atoms with Gasteiger partial charge < -0.3 is 10.1 Å². The molecular weight excluding hydrogens is 472 g/mol. The Morgan fingerprint density at radius 2 is 1.59 bits per heavy atom. The molecule has 174 valence electrons. The van der Waals surface area contributed by atoms with Gasteiger partial charge in [-0.3, -0.25) is 9.52 Å². The zero-order valence-electron chi connectivity index (χ0n) is 18.4. The first-order valence-electron chi connectivity index (χ1n) is 10.7. The smallest absolute Gasteiger partial charge is 0.265 e. The van der Waals surface area contributed by atoms with E-state index in [0.717, 1.165) is 10.8 Å². The van der Waals surface area contributed by atoms with Gasteiger partial charge in [-0.2, -0.15) is 0 Å². The molecule has 6 nitrogen and oxygen atoms in total. The average Bonchev–Trinajstić information content (AvgIpc) is 2.84. The number of hydrogen-bond acceptors (Lipinski definition) is 4. The Kier molecular flexibility index (Phi) is 7.05. The van der Waals surface area contributed by atoms with Gasteiger partial charge in [-0.25, -0.2) is 8.42 Å². The highest BCUT2D eigenvalue weighted by molar-refractivity contribution is 7.92. The second kappa shape index (κ2) is 10.2. The van der Waals surface area contributed by atoms with Crippen molar-refractivity contribution in [2.45, 2.75) is 24.3 Å². The maximum Gasteiger partial charge on any atom is 0.265 e. The summed E-state index contributed by atoms with van der Waals surface area (Å²) in [5, 5.41) is 5.10. The number of halogens is 1. The summed E-state index contributed by atoms with van der Waals surface area (Å²) in [4.78, 5) is 12.8. The number of hydrogen-bond donors (Lipinski definition) is 2. The Morgan fingerprint density at radius 1 is 0.912 bits per heavy atom.